The van der Waals surface area contributed by atoms with Gasteiger partial charge in [0.15, 0.2) is 6.04 Å². The standard InChI is InChI=1S/C30H34N2O9S/c1-30(2,3)41-29(34)26-27(33)28(40-20-22-12-8-5-9-13-22)25(39-19-21-10-6-4-7-11-21)18-31(26)42(37,38)24-16-14-23(15-17-24)32(35)36/h4-17,25-28,33H,18-20H2,1-3H3/t25-,26+,27+,28+/m0/s1. The van der Waals surface area contributed by atoms with Crippen molar-refractivity contribution in [3.8, 4) is 0 Å². The van der Waals surface area contributed by atoms with Crippen LogP contribution >= 0.6 is 0 Å². The Morgan fingerprint density at radius 2 is 1.45 bits per heavy atom. The van der Waals surface area contributed by atoms with Gasteiger partial charge < -0.3 is 19.3 Å². The van der Waals surface area contributed by atoms with Crippen molar-refractivity contribution in [1.82, 2.24) is 4.31 Å². The highest BCUT2D eigenvalue weighted by Gasteiger charge is 2.53. The number of nitro groups is 1. The number of nitrogens with zero attached hydrogens (tertiary/aromatic N) is 2. The van der Waals surface area contributed by atoms with E-state index < -0.39 is 50.9 Å². The number of esters is 1. The fourth-order valence-corrected chi connectivity index (χ4v) is 6.21. The fourth-order valence-electron chi connectivity index (χ4n) is 4.60. The summed E-state index contributed by atoms with van der Waals surface area (Å²) in [5.74, 6) is -0.963. The third-order valence-corrected chi connectivity index (χ3v) is 8.45. The smallest absolute Gasteiger partial charge is 0.327 e. The summed E-state index contributed by atoms with van der Waals surface area (Å²) < 4.78 is 46.5. The summed E-state index contributed by atoms with van der Waals surface area (Å²) in [4.78, 5) is 23.7. The summed E-state index contributed by atoms with van der Waals surface area (Å²) >= 11 is 0. The van der Waals surface area contributed by atoms with E-state index in [2.05, 4.69) is 0 Å². The Hall–Kier alpha value is -3.68. The number of non-ortho nitro benzene ring substituents is 1. The van der Waals surface area contributed by atoms with E-state index in [-0.39, 0.29) is 30.3 Å². The van der Waals surface area contributed by atoms with Crippen LogP contribution in [-0.2, 0) is 42.2 Å². The summed E-state index contributed by atoms with van der Waals surface area (Å²) in [5, 5.41) is 22.8. The maximum absolute atomic E-state index is 13.9. The van der Waals surface area contributed by atoms with E-state index in [0.29, 0.717) is 0 Å². The number of ether oxygens (including phenoxy) is 3. The lowest BCUT2D eigenvalue weighted by Crippen LogP contribution is -2.66. The average molecular weight is 599 g/mol. The number of aliphatic hydroxyl groups is 1. The molecule has 0 bridgehead atoms. The van der Waals surface area contributed by atoms with Crippen LogP contribution in [-0.4, -0.2) is 65.2 Å². The molecule has 3 aromatic carbocycles. The van der Waals surface area contributed by atoms with Crippen LogP contribution in [0.4, 0.5) is 5.69 Å². The number of sulfonamides is 1. The van der Waals surface area contributed by atoms with Gasteiger partial charge in [-0.2, -0.15) is 4.31 Å². The molecule has 11 nitrogen and oxygen atoms in total. The number of benzene rings is 3. The van der Waals surface area contributed by atoms with Gasteiger partial charge in [-0.05, 0) is 44.0 Å². The number of nitro benzene ring substituents is 1. The highest BCUT2D eigenvalue weighted by Crippen LogP contribution is 2.32. The third-order valence-electron chi connectivity index (χ3n) is 6.59. The molecule has 1 aliphatic rings. The van der Waals surface area contributed by atoms with Crippen LogP contribution in [0.25, 0.3) is 0 Å². The van der Waals surface area contributed by atoms with Crippen molar-refractivity contribution < 1.29 is 37.5 Å². The third kappa shape index (κ3) is 7.58. The second kappa shape index (κ2) is 13.1. The van der Waals surface area contributed by atoms with E-state index in [1.54, 1.807) is 20.8 Å². The molecular weight excluding hydrogens is 564 g/mol. The number of rotatable bonds is 10. The molecule has 0 saturated carbocycles. The van der Waals surface area contributed by atoms with Gasteiger partial charge in [-0.1, -0.05) is 60.7 Å². The molecule has 224 valence electrons. The summed E-state index contributed by atoms with van der Waals surface area (Å²) in [6.45, 7) is 4.70. The number of piperidine rings is 1. The quantitative estimate of drug-likeness (QED) is 0.209. The lowest BCUT2D eigenvalue weighted by atomic mass is 9.95. The minimum atomic E-state index is -4.48. The Labute approximate surface area is 244 Å². The first-order chi connectivity index (χ1) is 19.9. The zero-order valence-electron chi connectivity index (χ0n) is 23.5. The van der Waals surface area contributed by atoms with Crippen LogP contribution in [0.5, 0.6) is 0 Å². The molecule has 0 aliphatic carbocycles. The SMILES string of the molecule is CC(C)(C)OC(=O)[C@H]1[C@@H](O)[C@H](OCc2ccccc2)[C@@H](OCc2ccccc2)CN1S(=O)(=O)c1ccc([N+](=O)[O-])cc1. The molecule has 4 rings (SSSR count). The van der Waals surface area contributed by atoms with E-state index in [1.807, 2.05) is 60.7 Å². The molecule has 0 amide bonds. The van der Waals surface area contributed by atoms with Gasteiger partial charge in [0.2, 0.25) is 10.0 Å². The average Bonchev–Trinajstić information content (AvgIpc) is 2.95. The molecule has 1 saturated heterocycles. The minimum Gasteiger partial charge on any atom is -0.459 e. The molecule has 0 aromatic heterocycles. The Bertz CT molecular complexity index is 1460. The van der Waals surface area contributed by atoms with E-state index >= 15 is 0 Å². The number of carbonyl (C=O) groups is 1. The maximum Gasteiger partial charge on any atom is 0.327 e. The van der Waals surface area contributed by atoms with Gasteiger partial charge in [0, 0.05) is 18.7 Å². The summed E-state index contributed by atoms with van der Waals surface area (Å²) in [6, 6.07) is 21.0. The Morgan fingerprint density at radius 3 is 1.95 bits per heavy atom. The van der Waals surface area contributed by atoms with Crippen molar-refractivity contribution in [3.63, 3.8) is 0 Å². The number of aliphatic hydroxyl groups excluding tert-OH is 1. The van der Waals surface area contributed by atoms with E-state index in [4.69, 9.17) is 14.2 Å². The van der Waals surface area contributed by atoms with Gasteiger partial charge in [0.1, 0.15) is 23.9 Å². The highest BCUT2D eigenvalue weighted by atomic mass is 32.2. The van der Waals surface area contributed by atoms with Crippen LogP contribution in [0.2, 0.25) is 0 Å². The summed E-state index contributed by atoms with van der Waals surface area (Å²) in [6.07, 6.45) is -3.77. The number of hydrogen-bond donors (Lipinski definition) is 1. The van der Waals surface area contributed by atoms with Gasteiger partial charge in [-0.15, -0.1) is 0 Å². The summed E-state index contributed by atoms with van der Waals surface area (Å²) in [7, 11) is -4.48. The summed E-state index contributed by atoms with van der Waals surface area (Å²) in [5.41, 5.74) is 0.338. The Morgan fingerprint density at radius 1 is 0.929 bits per heavy atom. The number of hydrogen-bond acceptors (Lipinski definition) is 9. The fraction of sp³-hybridized carbons (Fsp3) is 0.367. The van der Waals surface area contributed by atoms with E-state index in [1.165, 1.54) is 0 Å². The molecule has 1 N–H and O–H groups in total. The first-order valence-electron chi connectivity index (χ1n) is 13.3. The predicted octanol–water partition coefficient (Wildman–Crippen LogP) is 3.84. The lowest BCUT2D eigenvalue weighted by molar-refractivity contribution is -0.384. The van der Waals surface area contributed by atoms with Gasteiger partial charge in [-0.25, -0.2) is 8.42 Å². The molecule has 1 heterocycles. The zero-order valence-corrected chi connectivity index (χ0v) is 24.3. The van der Waals surface area contributed by atoms with Gasteiger partial charge in [-0.3, -0.25) is 14.9 Å². The first-order valence-corrected chi connectivity index (χ1v) is 14.8. The molecule has 1 fully saturated rings. The van der Waals surface area contributed by atoms with Crippen LogP contribution in [0.3, 0.4) is 0 Å². The van der Waals surface area contributed by atoms with Crippen molar-refractivity contribution in [3.05, 3.63) is 106 Å². The Kier molecular flexibility index (Phi) is 9.74. The molecular formula is C30H34N2O9S. The van der Waals surface area contributed by atoms with E-state index in [0.717, 1.165) is 39.7 Å². The zero-order chi connectivity index (χ0) is 30.5. The first kappa shape index (κ1) is 31.3. The molecule has 3 aromatic rings. The molecule has 42 heavy (non-hydrogen) atoms. The molecule has 0 radical (unpaired) electrons. The van der Waals surface area contributed by atoms with Crippen LogP contribution in [0.1, 0.15) is 31.9 Å². The van der Waals surface area contributed by atoms with Crippen molar-refractivity contribution >= 4 is 21.7 Å². The van der Waals surface area contributed by atoms with Gasteiger partial charge >= 0.3 is 5.97 Å². The van der Waals surface area contributed by atoms with Crippen molar-refractivity contribution in [2.75, 3.05) is 6.54 Å². The minimum absolute atomic E-state index is 0.0733. The molecule has 4 atom stereocenters. The van der Waals surface area contributed by atoms with Crippen LogP contribution < -0.4 is 0 Å². The monoisotopic (exact) mass is 598 g/mol. The van der Waals surface area contributed by atoms with Gasteiger partial charge in [0.25, 0.3) is 5.69 Å². The Balaban J connectivity index is 1.72. The molecule has 0 spiro atoms. The topological polar surface area (TPSA) is 146 Å². The number of carbonyl (C=O) groups excluding carboxylic acids is 1. The van der Waals surface area contributed by atoms with Crippen LogP contribution in [0.15, 0.2) is 89.8 Å². The molecule has 0 unspecified atom stereocenters. The normalized spacial score (nSPS) is 21.5. The second-order valence-electron chi connectivity index (χ2n) is 10.9. The highest BCUT2D eigenvalue weighted by molar-refractivity contribution is 7.89. The van der Waals surface area contributed by atoms with Crippen molar-refractivity contribution in [2.45, 2.75) is 68.8 Å². The largest absolute Gasteiger partial charge is 0.459 e. The molecule has 12 heteroatoms. The van der Waals surface area contributed by atoms with Crippen molar-refractivity contribution in [1.29, 1.82) is 0 Å². The predicted molar refractivity (Wildman–Crippen MR) is 153 cm³/mol. The maximum atomic E-state index is 13.9. The van der Waals surface area contributed by atoms with Gasteiger partial charge in [0.05, 0.1) is 23.0 Å². The second-order valence-corrected chi connectivity index (χ2v) is 12.8. The van der Waals surface area contributed by atoms with Crippen LogP contribution in [0, 0.1) is 10.1 Å². The molecule has 1 aliphatic heterocycles. The lowest BCUT2D eigenvalue weighted by Gasteiger charge is -2.45. The van der Waals surface area contributed by atoms with Crippen molar-refractivity contribution in [2.24, 2.45) is 0 Å². The van der Waals surface area contributed by atoms with E-state index in [9.17, 15) is 28.4 Å².